The minimum absolute atomic E-state index is 0.116. The summed E-state index contributed by atoms with van der Waals surface area (Å²) in [6.45, 7) is 7.65. The number of benzene rings is 2. The zero-order valence-electron chi connectivity index (χ0n) is 19.0. The standard InChI is InChI=1S/C26H32N4O2/c1-20-5-3-4-6-23(20)11-12-29-15-24-17-30(18-25(16-29)32-24)19-26(31)28(2)14-22-9-7-21(13-27)8-10-22/h3-10,24-25H,11-12,14-19H2,1-2H3. The van der Waals surface area contributed by atoms with E-state index in [1.165, 1.54) is 11.1 Å². The van der Waals surface area contributed by atoms with Crippen LogP contribution in [0.3, 0.4) is 0 Å². The van der Waals surface area contributed by atoms with Gasteiger partial charge in [0.05, 0.1) is 30.4 Å². The highest BCUT2D eigenvalue weighted by atomic mass is 16.5. The third-order valence-electron chi connectivity index (χ3n) is 6.48. The highest BCUT2D eigenvalue weighted by molar-refractivity contribution is 5.78. The van der Waals surface area contributed by atoms with Gasteiger partial charge in [-0.05, 0) is 42.2 Å². The Hall–Kier alpha value is -2.72. The zero-order chi connectivity index (χ0) is 22.5. The fourth-order valence-electron chi connectivity index (χ4n) is 4.70. The summed E-state index contributed by atoms with van der Waals surface area (Å²) in [6, 6.07) is 18.1. The molecule has 6 nitrogen and oxygen atoms in total. The summed E-state index contributed by atoms with van der Waals surface area (Å²) in [5.74, 6) is 0.116. The number of hydrogen-bond donors (Lipinski definition) is 0. The SMILES string of the molecule is Cc1ccccc1CCN1CC2CN(CC(=O)N(C)Cc3ccc(C#N)cc3)CC(C1)O2. The topological polar surface area (TPSA) is 59.8 Å². The first kappa shape index (κ1) is 22.5. The predicted octanol–water partition coefficient (Wildman–Crippen LogP) is 2.45. The Morgan fingerprint density at radius 3 is 2.38 bits per heavy atom. The van der Waals surface area contributed by atoms with Crippen molar-refractivity contribution < 1.29 is 9.53 Å². The van der Waals surface area contributed by atoms with Gasteiger partial charge in [0, 0.05) is 46.3 Å². The summed E-state index contributed by atoms with van der Waals surface area (Å²) < 4.78 is 6.18. The van der Waals surface area contributed by atoms with Crippen LogP contribution in [-0.2, 0) is 22.5 Å². The third-order valence-corrected chi connectivity index (χ3v) is 6.48. The number of amides is 1. The molecule has 4 rings (SSSR count). The van der Waals surface area contributed by atoms with Crippen LogP contribution in [0, 0.1) is 18.3 Å². The maximum absolute atomic E-state index is 12.8. The number of rotatable bonds is 7. The first-order chi connectivity index (χ1) is 15.5. The fourth-order valence-corrected chi connectivity index (χ4v) is 4.70. The van der Waals surface area contributed by atoms with E-state index < -0.39 is 0 Å². The van der Waals surface area contributed by atoms with Crippen LogP contribution < -0.4 is 0 Å². The van der Waals surface area contributed by atoms with Crippen LogP contribution in [0.4, 0.5) is 0 Å². The highest BCUT2D eigenvalue weighted by Gasteiger charge is 2.35. The molecule has 2 unspecified atom stereocenters. The van der Waals surface area contributed by atoms with Crippen molar-refractivity contribution in [3.8, 4) is 6.07 Å². The van der Waals surface area contributed by atoms with Crippen molar-refractivity contribution >= 4 is 5.91 Å². The second-order valence-corrected chi connectivity index (χ2v) is 9.07. The van der Waals surface area contributed by atoms with Crippen molar-refractivity contribution in [1.82, 2.24) is 14.7 Å². The third kappa shape index (κ3) is 5.74. The van der Waals surface area contributed by atoms with Gasteiger partial charge in [0.2, 0.25) is 5.91 Å². The smallest absolute Gasteiger partial charge is 0.236 e. The number of carbonyl (C=O) groups is 1. The predicted molar refractivity (Wildman–Crippen MR) is 124 cm³/mol. The molecule has 2 aliphatic rings. The summed E-state index contributed by atoms with van der Waals surface area (Å²) in [6.07, 6.45) is 1.39. The van der Waals surface area contributed by atoms with Gasteiger partial charge in [-0.3, -0.25) is 14.6 Å². The minimum atomic E-state index is 0.116. The van der Waals surface area contributed by atoms with Gasteiger partial charge in [0.25, 0.3) is 0 Å². The van der Waals surface area contributed by atoms with Gasteiger partial charge >= 0.3 is 0 Å². The van der Waals surface area contributed by atoms with Crippen LogP contribution in [0.2, 0.25) is 0 Å². The van der Waals surface area contributed by atoms with Gasteiger partial charge in [-0.2, -0.15) is 5.26 Å². The number of nitrogens with zero attached hydrogens (tertiary/aromatic N) is 4. The number of aryl methyl sites for hydroxylation is 1. The van der Waals surface area contributed by atoms with E-state index in [1.807, 2.05) is 19.2 Å². The van der Waals surface area contributed by atoms with E-state index in [2.05, 4.69) is 47.1 Å². The normalized spacial score (nSPS) is 21.2. The molecule has 0 saturated carbocycles. The average molecular weight is 433 g/mol. The Bertz CT molecular complexity index is 955. The van der Waals surface area contributed by atoms with Crippen LogP contribution in [0.25, 0.3) is 0 Å². The van der Waals surface area contributed by atoms with Gasteiger partial charge in [-0.15, -0.1) is 0 Å². The molecule has 2 heterocycles. The lowest BCUT2D eigenvalue weighted by atomic mass is 10.0. The monoisotopic (exact) mass is 432 g/mol. The molecule has 2 fully saturated rings. The minimum Gasteiger partial charge on any atom is -0.370 e. The van der Waals surface area contributed by atoms with Gasteiger partial charge in [0.15, 0.2) is 0 Å². The lowest BCUT2D eigenvalue weighted by molar-refractivity contribution is -0.149. The Morgan fingerprint density at radius 2 is 1.72 bits per heavy atom. The molecule has 0 N–H and O–H groups in total. The molecule has 168 valence electrons. The molecule has 32 heavy (non-hydrogen) atoms. The number of ether oxygens (including phenoxy) is 1. The van der Waals surface area contributed by atoms with E-state index in [9.17, 15) is 4.79 Å². The number of likely N-dealkylation sites (N-methyl/N-ethyl adjacent to an activating group) is 1. The Balaban J connectivity index is 1.24. The quantitative estimate of drug-likeness (QED) is 0.673. The summed E-state index contributed by atoms with van der Waals surface area (Å²) in [5, 5.41) is 8.92. The highest BCUT2D eigenvalue weighted by Crippen LogP contribution is 2.20. The zero-order valence-corrected chi connectivity index (χ0v) is 19.0. The van der Waals surface area contributed by atoms with Gasteiger partial charge in [-0.25, -0.2) is 0 Å². The largest absolute Gasteiger partial charge is 0.370 e. The van der Waals surface area contributed by atoms with Crippen LogP contribution in [0.5, 0.6) is 0 Å². The molecular formula is C26H32N4O2. The number of morpholine rings is 2. The molecule has 0 aliphatic carbocycles. The first-order valence-corrected chi connectivity index (χ1v) is 11.4. The van der Waals surface area contributed by atoms with Crippen molar-refractivity contribution in [3.05, 3.63) is 70.8 Å². The maximum Gasteiger partial charge on any atom is 0.236 e. The van der Waals surface area contributed by atoms with Crippen molar-refractivity contribution in [2.45, 2.75) is 32.1 Å². The number of carbonyl (C=O) groups excluding carboxylic acids is 1. The fraction of sp³-hybridized carbons (Fsp3) is 0.462. The molecule has 2 atom stereocenters. The molecular weight excluding hydrogens is 400 g/mol. The molecule has 2 aromatic rings. The van der Waals surface area contributed by atoms with Crippen molar-refractivity contribution in [2.24, 2.45) is 0 Å². The van der Waals surface area contributed by atoms with E-state index in [1.54, 1.807) is 17.0 Å². The van der Waals surface area contributed by atoms with Gasteiger partial charge in [0.1, 0.15) is 0 Å². The maximum atomic E-state index is 12.8. The number of hydrogen-bond acceptors (Lipinski definition) is 5. The average Bonchev–Trinajstić information content (AvgIpc) is 2.78. The molecule has 0 radical (unpaired) electrons. The van der Waals surface area contributed by atoms with Gasteiger partial charge < -0.3 is 9.64 Å². The second kappa shape index (κ2) is 10.3. The van der Waals surface area contributed by atoms with Crippen molar-refractivity contribution in [1.29, 1.82) is 5.26 Å². The van der Waals surface area contributed by atoms with E-state index in [0.29, 0.717) is 18.7 Å². The molecule has 2 aromatic carbocycles. The lowest BCUT2D eigenvalue weighted by Gasteiger charge is -2.46. The molecule has 0 spiro atoms. The van der Waals surface area contributed by atoms with E-state index in [-0.39, 0.29) is 18.1 Å². The number of nitriles is 1. The molecule has 2 aliphatic heterocycles. The lowest BCUT2D eigenvalue weighted by Crippen LogP contribution is -2.60. The van der Waals surface area contributed by atoms with Crippen molar-refractivity contribution in [2.75, 3.05) is 46.3 Å². The van der Waals surface area contributed by atoms with Crippen LogP contribution in [0.15, 0.2) is 48.5 Å². The first-order valence-electron chi connectivity index (χ1n) is 11.4. The number of fused-ring (bicyclic) bond motifs is 2. The molecule has 0 aromatic heterocycles. The molecule has 1 amide bonds. The molecule has 2 bridgehead atoms. The molecule has 2 saturated heterocycles. The Kier molecular flexibility index (Phi) is 7.21. The van der Waals surface area contributed by atoms with E-state index in [0.717, 1.165) is 44.7 Å². The van der Waals surface area contributed by atoms with E-state index in [4.69, 9.17) is 10.00 Å². The summed E-state index contributed by atoms with van der Waals surface area (Å²) in [4.78, 5) is 19.3. The Morgan fingerprint density at radius 1 is 1.06 bits per heavy atom. The van der Waals surface area contributed by atoms with Crippen LogP contribution in [0.1, 0.15) is 22.3 Å². The van der Waals surface area contributed by atoms with Crippen LogP contribution >= 0.6 is 0 Å². The summed E-state index contributed by atoms with van der Waals surface area (Å²) >= 11 is 0. The van der Waals surface area contributed by atoms with Gasteiger partial charge in [-0.1, -0.05) is 36.4 Å². The van der Waals surface area contributed by atoms with Crippen LogP contribution in [-0.4, -0.2) is 79.1 Å². The van der Waals surface area contributed by atoms with Crippen molar-refractivity contribution in [3.63, 3.8) is 0 Å². The summed E-state index contributed by atoms with van der Waals surface area (Å²) in [5.41, 5.74) is 4.44. The summed E-state index contributed by atoms with van der Waals surface area (Å²) in [7, 11) is 1.84. The second-order valence-electron chi connectivity index (χ2n) is 9.07. The molecule has 6 heteroatoms. The van der Waals surface area contributed by atoms with E-state index >= 15 is 0 Å². The Labute approximate surface area is 191 Å².